The molecule has 3 nitrogen and oxygen atoms in total. The zero-order valence-electron chi connectivity index (χ0n) is 10.6. The van der Waals surface area contributed by atoms with Crippen LogP contribution in [-0.2, 0) is 0 Å². The van der Waals surface area contributed by atoms with Crippen LogP contribution in [-0.4, -0.2) is 43.7 Å². The van der Waals surface area contributed by atoms with E-state index in [1.165, 1.54) is 32.4 Å². The zero-order valence-corrected chi connectivity index (χ0v) is 10.6. The van der Waals surface area contributed by atoms with Crippen molar-refractivity contribution in [1.82, 2.24) is 10.2 Å². The van der Waals surface area contributed by atoms with Gasteiger partial charge in [-0.15, -0.1) is 0 Å². The summed E-state index contributed by atoms with van der Waals surface area (Å²) in [5, 5.41) is 3.44. The van der Waals surface area contributed by atoms with Crippen LogP contribution in [0.5, 0.6) is 0 Å². The van der Waals surface area contributed by atoms with E-state index in [0.717, 1.165) is 19.0 Å². The third-order valence-electron chi connectivity index (χ3n) is 3.03. The molecule has 90 valence electrons. The van der Waals surface area contributed by atoms with E-state index < -0.39 is 0 Å². The summed E-state index contributed by atoms with van der Waals surface area (Å²) in [7, 11) is 2.22. The van der Waals surface area contributed by atoms with Crippen molar-refractivity contribution in [3.05, 3.63) is 0 Å². The van der Waals surface area contributed by atoms with Crippen molar-refractivity contribution >= 4 is 0 Å². The van der Waals surface area contributed by atoms with Crippen molar-refractivity contribution in [3.8, 4) is 0 Å². The maximum absolute atomic E-state index is 5.91. The van der Waals surface area contributed by atoms with Gasteiger partial charge in [0, 0.05) is 18.6 Å². The summed E-state index contributed by atoms with van der Waals surface area (Å²) < 4.78 is 0. The maximum atomic E-state index is 5.91. The van der Waals surface area contributed by atoms with Crippen molar-refractivity contribution in [1.29, 1.82) is 0 Å². The Balaban J connectivity index is 2.04. The lowest BCUT2D eigenvalue weighted by molar-refractivity contribution is 0.201. The highest BCUT2D eigenvalue weighted by Crippen LogP contribution is 2.17. The van der Waals surface area contributed by atoms with Gasteiger partial charge in [0.1, 0.15) is 0 Å². The fraction of sp³-hybridized carbons (Fsp3) is 1.00. The summed E-state index contributed by atoms with van der Waals surface area (Å²) in [6.45, 7) is 8.70. The number of nitrogens with two attached hydrogens (primary N) is 1. The summed E-state index contributed by atoms with van der Waals surface area (Å²) in [5.74, 6) is 0.886. The summed E-state index contributed by atoms with van der Waals surface area (Å²) in [5.41, 5.74) is 5.83. The molecule has 0 bridgehead atoms. The van der Waals surface area contributed by atoms with Crippen LogP contribution >= 0.6 is 0 Å². The molecule has 1 heterocycles. The molecule has 1 rings (SSSR count). The second-order valence-electron chi connectivity index (χ2n) is 5.72. The first-order valence-corrected chi connectivity index (χ1v) is 6.15. The van der Waals surface area contributed by atoms with Gasteiger partial charge in [0.05, 0.1) is 0 Å². The Labute approximate surface area is 94.4 Å². The molecule has 0 saturated carbocycles. The molecule has 0 radical (unpaired) electrons. The fourth-order valence-corrected chi connectivity index (χ4v) is 2.23. The average molecular weight is 213 g/mol. The van der Waals surface area contributed by atoms with Crippen molar-refractivity contribution in [3.63, 3.8) is 0 Å². The number of rotatable bonds is 5. The molecular formula is C12H27N3. The second kappa shape index (κ2) is 5.83. The minimum Gasteiger partial charge on any atom is -0.324 e. The highest BCUT2D eigenvalue weighted by atomic mass is 15.1. The lowest BCUT2D eigenvalue weighted by Crippen LogP contribution is -2.44. The molecule has 1 aliphatic rings. The Morgan fingerprint density at radius 1 is 1.47 bits per heavy atom. The van der Waals surface area contributed by atoms with Gasteiger partial charge in [-0.1, -0.05) is 0 Å². The van der Waals surface area contributed by atoms with Crippen LogP contribution in [0.1, 0.15) is 33.1 Å². The van der Waals surface area contributed by atoms with Gasteiger partial charge in [-0.25, -0.2) is 0 Å². The van der Waals surface area contributed by atoms with E-state index >= 15 is 0 Å². The van der Waals surface area contributed by atoms with Crippen LogP contribution in [0.2, 0.25) is 0 Å². The first-order valence-electron chi connectivity index (χ1n) is 6.15. The lowest BCUT2D eigenvalue weighted by atomic mass is 9.95. The van der Waals surface area contributed by atoms with Crippen molar-refractivity contribution in [2.45, 2.75) is 38.6 Å². The molecule has 3 heteroatoms. The largest absolute Gasteiger partial charge is 0.324 e. The molecule has 15 heavy (non-hydrogen) atoms. The SMILES string of the molecule is CN1CCCC(CCNCC(C)(C)N)C1. The molecule has 3 N–H and O–H groups in total. The predicted octanol–water partition coefficient (Wildman–Crippen LogP) is 1.05. The first kappa shape index (κ1) is 12.9. The molecule has 1 aliphatic heterocycles. The van der Waals surface area contributed by atoms with Gasteiger partial charge in [-0.05, 0) is 59.2 Å². The van der Waals surface area contributed by atoms with E-state index in [1.54, 1.807) is 0 Å². The summed E-state index contributed by atoms with van der Waals surface area (Å²) in [4.78, 5) is 2.45. The molecule has 0 amide bonds. The third kappa shape index (κ3) is 6.13. The van der Waals surface area contributed by atoms with E-state index in [0.29, 0.717) is 0 Å². The number of nitrogens with zero attached hydrogens (tertiary/aromatic N) is 1. The Bertz CT molecular complexity index is 174. The maximum Gasteiger partial charge on any atom is 0.0223 e. The van der Waals surface area contributed by atoms with Crippen LogP contribution in [0.3, 0.4) is 0 Å². The Kier molecular flexibility index (Phi) is 5.03. The van der Waals surface area contributed by atoms with Crippen LogP contribution < -0.4 is 11.1 Å². The predicted molar refractivity (Wildman–Crippen MR) is 66.0 cm³/mol. The molecule has 0 aromatic heterocycles. The molecule has 1 fully saturated rings. The summed E-state index contributed by atoms with van der Waals surface area (Å²) >= 11 is 0. The average Bonchev–Trinajstić information content (AvgIpc) is 2.11. The Hall–Kier alpha value is -0.120. The van der Waals surface area contributed by atoms with Gasteiger partial charge in [0.2, 0.25) is 0 Å². The molecule has 1 unspecified atom stereocenters. The van der Waals surface area contributed by atoms with Crippen LogP contribution in [0.25, 0.3) is 0 Å². The lowest BCUT2D eigenvalue weighted by Gasteiger charge is -2.30. The van der Waals surface area contributed by atoms with E-state index in [4.69, 9.17) is 5.73 Å². The minimum atomic E-state index is -0.0800. The number of hydrogen-bond acceptors (Lipinski definition) is 3. The molecule has 0 aromatic rings. The highest BCUT2D eigenvalue weighted by Gasteiger charge is 2.16. The standard InChI is InChI=1S/C12H27N3/c1-12(2,13)10-14-7-6-11-5-4-8-15(3)9-11/h11,14H,4-10,13H2,1-3H3. The number of nitrogens with one attached hydrogen (secondary N) is 1. The van der Waals surface area contributed by atoms with Crippen LogP contribution in [0.4, 0.5) is 0 Å². The molecule has 0 aliphatic carbocycles. The van der Waals surface area contributed by atoms with Crippen molar-refractivity contribution in [2.75, 3.05) is 33.2 Å². The third-order valence-corrected chi connectivity index (χ3v) is 3.03. The Morgan fingerprint density at radius 2 is 2.20 bits per heavy atom. The van der Waals surface area contributed by atoms with E-state index in [2.05, 4.69) is 31.1 Å². The quantitative estimate of drug-likeness (QED) is 0.671. The number of likely N-dealkylation sites (tertiary alicyclic amines) is 1. The normalized spacial score (nSPS) is 24.4. The van der Waals surface area contributed by atoms with Gasteiger partial charge in [0.15, 0.2) is 0 Å². The molecule has 0 aromatic carbocycles. The van der Waals surface area contributed by atoms with Crippen LogP contribution in [0.15, 0.2) is 0 Å². The Morgan fingerprint density at radius 3 is 2.80 bits per heavy atom. The highest BCUT2D eigenvalue weighted by molar-refractivity contribution is 4.76. The van der Waals surface area contributed by atoms with Gasteiger partial charge in [0.25, 0.3) is 0 Å². The topological polar surface area (TPSA) is 41.3 Å². The van der Waals surface area contributed by atoms with Gasteiger partial charge in [-0.2, -0.15) is 0 Å². The van der Waals surface area contributed by atoms with Crippen molar-refractivity contribution < 1.29 is 0 Å². The molecule has 1 saturated heterocycles. The van der Waals surface area contributed by atoms with E-state index in [9.17, 15) is 0 Å². The van der Waals surface area contributed by atoms with Crippen LogP contribution in [0, 0.1) is 5.92 Å². The zero-order chi connectivity index (χ0) is 11.3. The fourth-order valence-electron chi connectivity index (χ4n) is 2.23. The number of hydrogen-bond donors (Lipinski definition) is 2. The second-order valence-corrected chi connectivity index (χ2v) is 5.72. The molecule has 0 spiro atoms. The van der Waals surface area contributed by atoms with Gasteiger partial charge in [-0.3, -0.25) is 0 Å². The smallest absolute Gasteiger partial charge is 0.0223 e. The minimum absolute atomic E-state index is 0.0800. The number of piperidine rings is 1. The van der Waals surface area contributed by atoms with E-state index in [1.807, 2.05) is 0 Å². The van der Waals surface area contributed by atoms with Crippen molar-refractivity contribution in [2.24, 2.45) is 11.7 Å². The van der Waals surface area contributed by atoms with Gasteiger partial charge >= 0.3 is 0 Å². The first-order chi connectivity index (χ1) is 6.97. The van der Waals surface area contributed by atoms with E-state index in [-0.39, 0.29) is 5.54 Å². The summed E-state index contributed by atoms with van der Waals surface area (Å²) in [6.07, 6.45) is 4.06. The molecule has 1 atom stereocenters. The summed E-state index contributed by atoms with van der Waals surface area (Å²) in [6, 6.07) is 0. The molecular weight excluding hydrogens is 186 g/mol. The van der Waals surface area contributed by atoms with Gasteiger partial charge < -0.3 is 16.0 Å². The monoisotopic (exact) mass is 213 g/mol.